The highest BCUT2D eigenvalue weighted by molar-refractivity contribution is 7.97. The van der Waals surface area contributed by atoms with Crippen molar-refractivity contribution in [3.8, 4) is 5.75 Å². The average Bonchev–Trinajstić information content (AvgIpc) is 1.60. The zero-order chi connectivity index (χ0) is 95.9. The second kappa shape index (κ2) is 56.9. The zero-order valence-corrected chi connectivity index (χ0v) is 87.6. The van der Waals surface area contributed by atoms with Crippen molar-refractivity contribution in [3.63, 3.8) is 0 Å². The fourth-order valence-electron chi connectivity index (χ4n) is 12.3. The molecule has 7 heterocycles. The number of fused-ring (bicyclic) bond motifs is 9. The molecule has 8 aromatic rings. The standard InChI is InChI=1S/C12H14.C10H11N.C10H13N.C9H11NOS.C9H11NO.C9H9NO.C9H11N.C8H9N.8C5H12/c1-2-6-11-10(4-1)5-3-7-12(11)8-9-12;1-8-6-9-4-2-3-5-10(9)7-11-8;1-2-5-10-8-11-7-3-6-9(10)4-1;1-12(11)7-9-5-3-2-4-8(9)6-10-12;1-2-4-9-8(3-1)7-10-5-6-11-9;11-9-6-5-7-3-1-2-4-8(7)10-9;1-2-4-9-7-10-6-5-8(9)3-1;1-2-4-8-6-9-5-7(8)3-1;8*1-5(2,3)4/h1-2,4,6H,3,5,7-9H2;2-5,11H,1,6-7H2;1-2,4-5,11H,3,6-8H2;2-5H,1,6-7H2,(H,10,11);1-4,10H,5-7H2;1-4H,5-6H2,(H,10,11);1-4,10H,5-7H2;1-4,9H,5-6H2;8*1-4H3. The van der Waals surface area contributed by atoms with Gasteiger partial charge in [0.2, 0.25) is 5.91 Å². The maximum absolute atomic E-state index is 11.5. The van der Waals surface area contributed by atoms with Crippen LogP contribution < -0.4 is 41.4 Å². The summed E-state index contributed by atoms with van der Waals surface area (Å²) >= 11 is 0. The van der Waals surface area contributed by atoms with E-state index in [1.165, 1.54) is 113 Å². The third kappa shape index (κ3) is 65.6. The summed E-state index contributed by atoms with van der Waals surface area (Å²) in [6.45, 7) is 84.7. The Hall–Kier alpha value is -7.61. The lowest BCUT2D eigenvalue weighted by molar-refractivity contribution is -0.116. The van der Waals surface area contributed by atoms with Crippen LogP contribution in [-0.4, -0.2) is 42.2 Å². The van der Waals surface area contributed by atoms with Gasteiger partial charge in [-0.05, 0) is 210 Å². The van der Waals surface area contributed by atoms with Gasteiger partial charge in [-0.3, -0.25) is 9.00 Å². The summed E-state index contributed by atoms with van der Waals surface area (Å²) in [5.74, 6) is 5.36. The third-order valence-electron chi connectivity index (χ3n) is 17.4. The van der Waals surface area contributed by atoms with Crippen molar-refractivity contribution >= 4 is 27.2 Å². The molecule has 1 atom stereocenters. The van der Waals surface area contributed by atoms with Crippen molar-refractivity contribution in [1.29, 1.82) is 0 Å². The van der Waals surface area contributed by atoms with E-state index in [2.05, 4.69) is 410 Å². The highest BCUT2D eigenvalue weighted by Crippen LogP contribution is 2.55. The van der Waals surface area contributed by atoms with Gasteiger partial charge < -0.3 is 36.6 Å². The molecule has 0 saturated heterocycles. The molecule has 17 rings (SSSR count). The summed E-state index contributed by atoms with van der Waals surface area (Å²) in [6, 6.07) is 67.5. The summed E-state index contributed by atoms with van der Waals surface area (Å²) in [5, 5.41) is 19.4. The molecule has 0 radical (unpaired) electrons. The van der Waals surface area contributed by atoms with E-state index >= 15 is 0 Å². The molecule has 1 saturated carbocycles. The Bertz CT molecular complexity index is 4090. The van der Waals surface area contributed by atoms with Gasteiger partial charge in [0.25, 0.3) is 0 Å². The Balaban J connectivity index is 0.000000465. The van der Waals surface area contributed by atoms with Crippen molar-refractivity contribution in [3.05, 3.63) is 284 Å². The van der Waals surface area contributed by atoms with Gasteiger partial charge in [-0.1, -0.05) is 410 Å². The maximum atomic E-state index is 11.5. The van der Waals surface area contributed by atoms with E-state index in [1.807, 2.05) is 54.6 Å². The molecule has 9 aliphatic rings. The maximum Gasteiger partial charge on any atom is 0.224 e. The number of carbonyl (C=O) groups excluding carboxylic acids is 1. The van der Waals surface area contributed by atoms with Gasteiger partial charge in [-0.25, -0.2) is 4.72 Å². The van der Waals surface area contributed by atoms with Crippen LogP contribution in [0.1, 0.15) is 338 Å². The Morgan fingerprint density at radius 2 is 0.646 bits per heavy atom. The Labute approximate surface area is 781 Å². The molecule has 2 aliphatic carbocycles. The minimum absolute atomic E-state index is 0.128. The summed E-state index contributed by atoms with van der Waals surface area (Å²) < 4.78 is 20.0. The summed E-state index contributed by atoms with van der Waals surface area (Å²) in [6.07, 6.45) is 13.3. The lowest BCUT2D eigenvalue weighted by atomic mass is 9.80. The van der Waals surface area contributed by atoms with E-state index in [9.17, 15) is 9.00 Å². The smallest absolute Gasteiger partial charge is 0.224 e. The van der Waals surface area contributed by atoms with Crippen molar-refractivity contribution in [2.24, 2.45) is 43.3 Å². The van der Waals surface area contributed by atoms with Crippen molar-refractivity contribution < 1.29 is 13.7 Å². The second-order valence-corrected chi connectivity index (χ2v) is 49.9. The zero-order valence-electron chi connectivity index (χ0n) is 86.8. The molecular formula is C116H185N7O3S. The van der Waals surface area contributed by atoms with E-state index in [0.29, 0.717) is 67.5 Å². The first-order chi connectivity index (χ1) is 58.7. The molecule has 127 heavy (non-hydrogen) atoms. The molecule has 10 nitrogen and oxygen atoms in total. The van der Waals surface area contributed by atoms with Crippen LogP contribution in [0.2, 0.25) is 0 Å². The highest BCUT2D eigenvalue weighted by atomic mass is 32.2. The predicted octanol–water partition coefficient (Wildman–Crippen LogP) is 29.3. The first-order valence-electron chi connectivity index (χ1n) is 47.5. The fraction of sp³-hybridized carbons (Fsp3) is 0.552. The van der Waals surface area contributed by atoms with E-state index in [4.69, 9.17) is 4.74 Å². The van der Waals surface area contributed by atoms with Crippen LogP contribution in [0.3, 0.4) is 0 Å². The van der Waals surface area contributed by atoms with E-state index in [-0.39, 0.29) is 5.91 Å². The Morgan fingerprint density at radius 3 is 1.10 bits per heavy atom. The van der Waals surface area contributed by atoms with Crippen LogP contribution >= 0.6 is 0 Å². The van der Waals surface area contributed by atoms with Crippen molar-refractivity contribution in [1.82, 2.24) is 31.3 Å². The van der Waals surface area contributed by atoms with Gasteiger partial charge in [0.05, 0.1) is 5.75 Å². The van der Waals surface area contributed by atoms with Crippen LogP contribution in [0.5, 0.6) is 5.75 Å². The molecule has 11 heteroatoms. The van der Waals surface area contributed by atoms with Gasteiger partial charge in [-0.15, -0.1) is 0 Å². The molecule has 708 valence electrons. The summed E-state index contributed by atoms with van der Waals surface area (Å²) in [5.41, 5.74) is 26.7. The third-order valence-corrected chi connectivity index (χ3v) is 18.8. The molecule has 1 unspecified atom stereocenters. The van der Waals surface area contributed by atoms with Crippen LogP contribution in [0, 0.1) is 43.3 Å². The van der Waals surface area contributed by atoms with Crippen LogP contribution in [0.15, 0.2) is 206 Å². The first-order valence-corrected chi connectivity index (χ1v) is 49.4. The highest BCUT2D eigenvalue weighted by Gasteiger charge is 2.46. The van der Waals surface area contributed by atoms with Gasteiger partial charge in [0.1, 0.15) is 12.4 Å². The molecule has 1 spiro atoms. The number of aryl methyl sites for hydroxylation is 3. The topological polar surface area (TPSA) is 128 Å². The minimum atomic E-state index is -2.05. The predicted molar refractivity (Wildman–Crippen MR) is 562 cm³/mol. The number of benzene rings is 8. The number of amides is 1. The van der Waals surface area contributed by atoms with Crippen LogP contribution in [0.4, 0.5) is 5.69 Å². The number of nitrogens with one attached hydrogen (secondary N) is 7. The Kier molecular flexibility index (Phi) is 51.7. The molecule has 1 fully saturated rings. The lowest BCUT2D eigenvalue weighted by Gasteiger charge is -2.24. The van der Waals surface area contributed by atoms with Gasteiger partial charge in [0.15, 0.2) is 0 Å². The van der Waals surface area contributed by atoms with E-state index in [0.717, 1.165) is 101 Å². The molecule has 7 N–H and O–H groups in total. The van der Waals surface area contributed by atoms with Gasteiger partial charge >= 0.3 is 0 Å². The monoisotopic (exact) mass is 1760 g/mol. The van der Waals surface area contributed by atoms with E-state index < -0.39 is 9.71 Å². The summed E-state index contributed by atoms with van der Waals surface area (Å²) in [7, 11) is -2.05. The van der Waals surface area contributed by atoms with Crippen molar-refractivity contribution in [2.75, 3.05) is 31.6 Å². The normalized spacial score (nSPS) is 16.6. The van der Waals surface area contributed by atoms with Crippen LogP contribution in [0.25, 0.3) is 0 Å². The number of carbonyl (C=O) groups is 1. The van der Waals surface area contributed by atoms with E-state index in [1.54, 1.807) is 11.1 Å². The van der Waals surface area contributed by atoms with Crippen molar-refractivity contribution in [2.45, 2.75) is 349 Å². The Morgan fingerprint density at radius 1 is 0.315 bits per heavy atom. The minimum Gasteiger partial charge on any atom is -0.492 e. The number of hydrogen-bond acceptors (Lipinski definition) is 8. The number of hydrogen-bond donors (Lipinski definition) is 7. The molecule has 0 bridgehead atoms. The SMILES string of the molecule is C=C1Cc2ccccc2CN1.C=S1(=O)Cc2ccccc2CN1.CC(C)(C)C.CC(C)(C)C.CC(C)(C)C.CC(C)(C)C.CC(C)(C)C.CC(C)(C)C.CC(C)(C)C.CC(C)(C)C.O=C1CCc2ccccc2N1.c1ccc2c(c1)CCCC21CC1.c1ccc2c(c1)CCCNC2.c1ccc2c(c1)CCNC2.c1ccc2c(c1)CNC2.c1ccc2c(c1)CNCCO2. The number of allylic oxidation sites excluding steroid dienone is 1. The average molecular weight is 1760 g/mol. The molecule has 1 amide bonds. The second-order valence-electron chi connectivity index (χ2n) is 47.7. The first kappa shape index (κ1) is 115. The molecule has 8 aromatic carbocycles. The number of ether oxygens (including phenoxy) is 1. The number of rotatable bonds is 0. The molecular weight excluding hydrogens is 1570 g/mol. The van der Waals surface area contributed by atoms with Gasteiger partial charge in [-0.2, -0.15) is 0 Å². The van der Waals surface area contributed by atoms with Crippen LogP contribution in [-0.2, 0) is 104 Å². The number of anilines is 1. The quantitative estimate of drug-likeness (QED) is 0.0749. The lowest BCUT2D eigenvalue weighted by Crippen LogP contribution is -2.29. The molecule has 0 aromatic heterocycles. The number of para-hydroxylation sites is 2. The fourth-order valence-corrected chi connectivity index (χ4v) is 13.6. The largest absolute Gasteiger partial charge is 0.492 e. The van der Waals surface area contributed by atoms with Gasteiger partial charge in [0, 0.05) is 91.9 Å². The molecule has 7 aliphatic heterocycles. The summed E-state index contributed by atoms with van der Waals surface area (Å²) in [4.78, 5) is 10.9.